The van der Waals surface area contributed by atoms with Crippen molar-refractivity contribution in [2.75, 3.05) is 7.05 Å². The van der Waals surface area contributed by atoms with Crippen LogP contribution in [0.1, 0.15) is 54.7 Å². The molecule has 27 heavy (non-hydrogen) atoms. The summed E-state index contributed by atoms with van der Waals surface area (Å²) in [5.74, 6) is 0.711. The fraction of sp³-hybridized carbons (Fsp3) is 0.364. The zero-order valence-electron chi connectivity index (χ0n) is 16.6. The van der Waals surface area contributed by atoms with Crippen LogP contribution in [-0.4, -0.2) is 25.0 Å². The predicted molar refractivity (Wildman–Crippen MR) is 112 cm³/mol. The molecule has 0 fully saturated rings. The lowest BCUT2D eigenvalue weighted by Gasteiger charge is -2.18. The molecule has 2 atom stereocenters. The summed E-state index contributed by atoms with van der Waals surface area (Å²) in [6.07, 6.45) is 0.918. The first-order valence-electron chi connectivity index (χ1n) is 9.45. The molecule has 0 aromatic heterocycles. The molecule has 2 unspecified atom stereocenters. The fourth-order valence-corrected chi connectivity index (χ4v) is 2.59. The quantitative estimate of drug-likeness (QED) is 0.518. The number of hydrogen-bond donors (Lipinski definition) is 3. The van der Waals surface area contributed by atoms with Crippen LogP contribution in [-0.2, 0) is 6.54 Å². The Kier molecular flexibility index (Phi) is 7.86. The van der Waals surface area contributed by atoms with Crippen LogP contribution >= 0.6 is 0 Å². The van der Waals surface area contributed by atoms with E-state index in [0.29, 0.717) is 12.1 Å². The maximum Gasteiger partial charge on any atom is 0.251 e. The van der Waals surface area contributed by atoms with Gasteiger partial charge in [0.15, 0.2) is 5.96 Å². The van der Waals surface area contributed by atoms with E-state index in [0.717, 1.165) is 17.9 Å². The molecular weight excluding hydrogens is 336 g/mol. The van der Waals surface area contributed by atoms with Gasteiger partial charge in [0.1, 0.15) is 0 Å². The number of nitrogens with zero attached hydrogens (tertiary/aromatic N) is 1. The van der Waals surface area contributed by atoms with E-state index < -0.39 is 0 Å². The molecule has 2 aromatic carbocycles. The number of rotatable bonds is 7. The molecule has 5 nitrogen and oxygen atoms in total. The number of guanidine groups is 1. The molecule has 0 spiro atoms. The van der Waals surface area contributed by atoms with Crippen molar-refractivity contribution in [2.45, 2.75) is 45.8 Å². The molecule has 0 saturated carbocycles. The second-order valence-corrected chi connectivity index (χ2v) is 6.68. The van der Waals surface area contributed by atoms with Gasteiger partial charge < -0.3 is 16.0 Å². The van der Waals surface area contributed by atoms with Crippen LogP contribution in [0.25, 0.3) is 0 Å². The number of benzene rings is 2. The van der Waals surface area contributed by atoms with Gasteiger partial charge in [-0.1, -0.05) is 49.4 Å². The minimum atomic E-state index is -0.0296. The first-order valence-corrected chi connectivity index (χ1v) is 9.45. The number of carbonyl (C=O) groups is 1. The lowest BCUT2D eigenvalue weighted by Crippen LogP contribution is -2.38. The van der Waals surface area contributed by atoms with Crippen molar-refractivity contribution in [3.05, 3.63) is 71.3 Å². The summed E-state index contributed by atoms with van der Waals surface area (Å²) in [6, 6.07) is 18.2. The highest BCUT2D eigenvalue weighted by atomic mass is 16.1. The van der Waals surface area contributed by atoms with E-state index in [1.165, 1.54) is 5.56 Å². The van der Waals surface area contributed by atoms with E-state index in [4.69, 9.17) is 0 Å². The van der Waals surface area contributed by atoms with Gasteiger partial charge in [0.2, 0.25) is 0 Å². The molecule has 0 aliphatic rings. The normalized spacial score (nSPS) is 13.6. The molecule has 0 bridgehead atoms. The van der Waals surface area contributed by atoms with E-state index in [2.05, 4.69) is 46.9 Å². The van der Waals surface area contributed by atoms with Crippen LogP contribution in [0, 0.1) is 0 Å². The van der Waals surface area contributed by atoms with Crippen molar-refractivity contribution in [1.82, 2.24) is 16.0 Å². The number of hydrogen-bond acceptors (Lipinski definition) is 2. The van der Waals surface area contributed by atoms with Crippen LogP contribution in [0.5, 0.6) is 0 Å². The Labute approximate surface area is 162 Å². The lowest BCUT2D eigenvalue weighted by molar-refractivity contribution is 0.0939. The highest BCUT2D eigenvalue weighted by Crippen LogP contribution is 2.11. The highest BCUT2D eigenvalue weighted by Gasteiger charge is 2.09. The van der Waals surface area contributed by atoms with Crippen LogP contribution in [0.15, 0.2) is 59.6 Å². The van der Waals surface area contributed by atoms with Gasteiger partial charge in [-0.3, -0.25) is 9.79 Å². The Morgan fingerprint density at radius 2 is 1.67 bits per heavy atom. The van der Waals surface area contributed by atoms with Gasteiger partial charge in [-0.05, 0) is 43.5 Å². The molecule has 0 saturated heterocycles. The number of nitrogens with one attached hydrogen (secondary N) is 3. The summed E-state index contributed by atoms with van der Waals surface area (Å²) in [4.78, 5) is 16.4. The molecule has 2 rings (SSSR count). The van der Waals surface area contributed by atoms with E-state index in [1.54, 1.807) is 7.05 Å². The summed E-state index contributed by atoms with van der Waals surface area (Å²) in [6.45, 7) is 6.80. The molecule has 2 aromatic rings. The van der Waals surface area contributed by atoms with Crippen LogP contribution in [0.2, 0.25) is 0 Å². The van der Waals surface area contributed by atoms with Gasteiger partial charge in [0.05, 0.1) is 6.04 Å². The molecule has 3 N–H and O–H groups in total. The third-order valence-electron chi connectivity index (χ3n) is 4.54. The van der Waals surface area contributed by atoms with Crippen molar-refractivity contribution in [2.24, 2.45) is 4.99 Å². The van der Waals surface area contributed by atoms with Gasteiger partial charge >= 0.3 is 0 Å². The van der Waals surface area contributed by atoms with Crippen molar-refractivity contribution < 1.29 is 4.79 Å². The van der Waals surface area contributed by atoms with Crippen molar-refractivity contribution in [3.63, 3.8) is 0 Å². The van der Waals surface area contributed by atoms with Gasteiger partial charge in [0, 0.05) is 25.2 Å². The summed E-state index contributed by atoms with van der Waals surface area (Å²) in [5.41, 5.74) is 2.97. The third kappa shape index (κ3) is 6.44. The number of aliphatic imine (C=N–C) groups is 1. The van der Waals surface area contributed by atoms with Crippen molar-refractivity contribution in [1.29, 1.82) is 0 Å². The zero-order valence-corrected chi connectivity index (χ0v) is 16.6. The molecule has 1 amide bonds. The molecule has 144 valence electrons. The van der Waals surface area contributed by atoms with Gasteiger partial charge in [-0.15, -0.1) is 0 Å². The minimum absolute atomic E-state index is 0.0296. The van der Waals surface area contributed by atoms with Gasteiger partial charge in [-0.2, -0.15) is 0 Å². The first kappa shape index (κ1) is 20.5. The Morgan fingerprint density at radius 1 is 1.00 bits per heavy atom. The lowest BCUT2D eigenvalue weighted by atomic mass is 10.1. The molecule has 0 aliphatic heterocycles. The van der Waals surface area contributed by atoms with Gasteiger partial charge in [0.25, 0.3) is 5.91 Å². The summed E-state index contributed by atoms with van der Waals surface area (Å²) in [5, 5.41) is 9.68. The Hall–Kier alpha value is -2.82. The SMILES string of the molecule is CCC(C)NC(=O)c1ccc(CNC(=NC)NC(C)c2ccccc2)cc1. The Bertz CT molecular complexity index is 741. The largest absolute Gasteiger partial charge is 0.352 e. The average molecular weight is 367 g/mol. The second-order valence-electron chi connectivity index (χ2n) is 6.68. The smallest absolute Gasteiger partial charge is 0.251 e. The molecule has 0 radical (unpaired) electrons. The Balaban J connectivity index is 1.88. The molecular formula is C22H30N4O. The minimum Gasteiger partial charge on any atom is -0.352 e. The standard InChI is InChI=1S/C22H30N4O/c1-5-16(2)25-21(27)20-13-11-18(12-14-20)15-24-22(23-4)26-17(3)19-9-7-6-8-10-19/h6-14,16-17H,5,15H2,1-4H3,(H,25,27)(H2,23,24,26). The third-order valence-corrected chi connectivity index (χ3v) is 4.54. The molecule has 0 aliphatic carbocycles. The maximum atomic E-state index is 12.1. The van der Waals surface area contributed by atoms with E-state index in [9.17, 15) is 4.79 Å². The first-order chi connectivity index (χ1) is 13.0. The summed E-state index contributed by atoms with van der Waals surface area (Å²) >= 11 is 0. The number of amides is 1. The summed E-state index contributed by atoms with van der Waals surface area (Å²) in [7, 11) is 1.76. The zero-order chi connectivity index (χ0) is 19.6. The molecule has 0 heterocycles. The maximum absolute atomic E-state index is 12.1. The van der Waals surface area contributed by atoms with Crippen molar-refractivity contribution >= 4 is 11.9 Å². The highest BCUT2D eigenvalue weighted by molar-refractivity contribution is 5.94. The Morgan fingerprint density at radius 3 is 2.26 bits per heavy atom. The summed E-state index contributed by atoms with van der Waals surface area (Å²) < 4.78 is 0. The van der Waals surface area contributed by atoms with E-state index in [1.807, 2.05) is 49.4 Å². The topological polar surface area (TPSA) is 65.5 Å². The average Bonchev–Trinajstić information content (AvgIpc) is 2.71. The van der Waals surface area contributed by atoms with Crippen LogP contribution < -0.4 is 16.0 Å². The van der Waals surface area contributed by atoms with Crippen LogP contribution in [0.3, 0.4) is 0 Å². The predicted octanol–water partition coefficient (Wildman–Crippen LogP) is 3.64. The number of carbonyl (C=O) groups excluding carboxylic acids is 1. The van der Waals surface area contributed by atoms with Crippen LogP contribution in [0.4, 0.5) is 0 Å². The van der Waals surface area contributed by atoms with E-state index >= 15 is 0 Å². The van der Waals surface area contributed by atoms with Crippen molar-refractivity contribution in [3.8, 4) is 0 Å². The molecule has 5 heteroatoms. The fourth-order valence-electron chi connectivity index (χ4n) is 2.59. The van der Waals surface area contributed by atoms with Gasteiger partial charge in [-0.25, -0.2) is 0 Å². The monoisotopic (exact) mass is 366 g/mol. The van der Waals surface area contributed by atoms with E-state index in [-0.39, 0.29) is 18.0 Å². The second kappa shape index (κ2) is 10.4.